The van der Waals surface area contributed by atoms with Gasteiger partial charge in [0.15, 0.2) is 0 Å². The van der Waals surface area contributed by atoms with E-state index in [4.69, 9.17) is 17.0 Å². The van der Waals surface area contributed by atoms with Crippen LogP contribution in [0.15, 0.2) is 77.7 Å². The molecule has 1 amide bonds. The number of carbonyl (C=O) groups excluding carboxylic acids is 1. The molecular weight excluding hydrogens is 463 g/mol. The van der Waals surface area contributed by atoms with Crippen LogP contribution in [0.4, 0.5) is 10.1 Å². The molecule has 1 saturated heterocycles. The number of hydrogen-bond donors (Lipinski definition) is 0. The SMILES string of the molecule is O=C1C(=Cc2cc([N+](=O)[O-])ccc2OCc2ccc(F)cc2)SC(=S)N1Cc1ccccc1. The summed E-state index contributed by atoms with van der Waals surface area (Å²) in [6, 6.07) is 19.5. The van der Waals surface area contributed by atoms with Crippen molar-refractivity contribution in [3.05, 3.63) is 110 Å². The standard InChI is InChI=1S/C24H17FN2O4S2/c25-19-8-6-17(7-9-19)15-31-21-11-10-20(27(29)30)12-18(21)13-22-23(28)26(24(32)33-22)14-16-4-2-1-3-5-16/h1-13H,14-15H2. The molecule has 4 rings (SSSR count). The summed E-state index contributed by atoms with van der Waals surface area (Å²) in [6.45, 7) is 0.472. The van der Waals surface area contributed by atoms with Crippen LogP contribution in [0.2, 0.25) is 0 Å². The average Bonchev–Trinajstić information content (AvgIpc) is 3.07. The maximum absolute atomic E-state index is 13.1. The fraction of sp³-hybridized carbons (Fsp3) is 0.0833. The van der Waals surface area contributed by atoms with Crippen molar-refractivity contribution in [1.29, 1.82) is 0 Å². The molecule has 33 heavy (non-hydrogen) atoms. The Morgan fingerprint density at radius 2 is 1.79 bits per heavy atom. The molecule has 0 aromatic heterocycles. The number of carbonyl (C=O) groups is 1. The first-order valence-electron chi connectivity index (χ1n) is 9.86. The van der Waals surface area contributed by atoms with Gasteiger partial charge in [-0.15, -0.1) is 0 Å². The lowest BCUT2D eigenvalue weighted by atomic mass is 10.1. The average molecular weight is 481 g/mol. The smallest absolute Gasteiger partial charge is 0.270 e. The van der Waals surface area contributed by atoms with Gasteiger partial charge in [-0.25, -0.2) is 4.39 Å². The summed E-state index contributed by atoms with van der Waals surface area (Å²) >= 11 is 6.53. The zero-order valence-corrected chi connectivity index (χ0v) is 18.8. The van der Waals surface area contributed by atoms with Gasteiger partial charge in [0.1, 0.15) is 22.5 Å². The van der Waals surface area contributed by atoms with Crippen LogP contribution in [0.25, 0.3) is 6.08 Å². The van der Waals surface area contributed by atoms with Crippen LogP contribution < -0.4 is 4.74 Å². The van der Waals surface area contributed by atoms with E-state index >= 15 is 0 Å². The molecule has 1 aliphatic rings. The van der Waals surface area contributed by atoms with Crippen molar-refractivity contribution >= 4 is 46.0 Å². The number of non-ortho nitro benzene ring substituents is 1. The van der Waals surface area contributed by atoms with E-state index in [0.717, 1.165) is 22.9 Å². The van der Waals surface area contributed by atoms with Crippen LogP contribution >= 0.6 is 24.0 Å². The Morgan fingerprint density at radius 1 is 1.06 bits per heavy atom. The van der Waals surface area contributed by atoms with E-state index in [0.29, 0.717) is 27.1 Å². The van der Waals surface area contributed by atoms with Gasteiger partial charge in [0.2, 0.25) is 0 Å². The van der Waals surface area contributed by atoms with Crippen molar-refractivity contribution in [2.24, 2.45) is 0 Å². The second kappa shape index (κ2) is 9.93. The van der Waals surface area contributed by atoms with Crippen molar-refractivity contribution in [3.8, 4) is 5.75 Å². The van der Waals surface area contributed by atoms with Gasteiger partial charge in [-0.2, -0.15) is 0 Å². The maximum atomic E-state index is 13.1. The Kier molecular flexibility index (Phi) is 6.81. The van der Waals surface area contributed by atoms with E-state index in [-0.39, 0.29) is 24.0 Å². The van der Waals surface area contributed by atoms with Crippen molar-refractivity contribution in [1.82, 2.24) is 4.90 Å². The normalized spacial score (nSPS) is 14.7. The summed E-state index contributed by atoms with van der Waals surface area (Å²) in [7, 11) is 0. The number of benzene rings is 3. The minimum atomic E-state index is -0.512. The second-order valence-corrected chi connectivity index (χ2v) is 8.82. The van der Waals surface area contributed by atoms with Gasteiger partial charge >= 0.3 is 0 Å². The third kappa shape index (κ3) is 5.44. The minimum Gasteiger partial charge on any atom is -0.488 e. The highest BCUT2D eigenvalue weighted by molar-refractivity contribution is 8.26. The molecule has 0 N–H and O–H groups in total. The van der Waals surface area contributed by atoms with Crippen LogP contribution in [0.3, 0.4) is 0 Å². The number of nitro benzene ring substituents is 1. The Hall–Kier alpha value is -3.56. The number of thioether (sulfide) groups is 1. The number of nitro groups is 1. The van der Waals surface area contributed by atoms with Gasteiger partial charge in [-0.3, -0.25) is 19.8 Å². The summed E-state index contributed by atoms with van der Waals surface area (Å²) in [5, 5.41) is 11.3. The second-order valence-electron chi connectivity index (χ2n) is 7.15. The largest absolute Gasteiger partial charge is 0.488 e. The third-order valence-electron chi connectivity index (χ3n) is 4.86. The lowest BCUT2D eigenvalue weighted by Gasteiger charge is -2.14. The highest BCUT2D eigenvalue weighted by Gasteiger charge is 2.32. The highest BCUT2D eigenvalue weighted by atomic mass is 32.2. The Morgan fingerprint density at radius 3 is 2.48 bits per heavy atom. The Labute approximate surface area is 198 Å². The lowest BCUT2D eigenvalue weighted by molar-refractivity contribution is -0.384. The molecule has 1 aliphatic heterocycles. The zero-order chi connectivity index (χ0) is 23.4. The van der Waals surface area contributed by atoms with Crippen molar-refractivity contribution in [3.63, 3.8) is 0 Å². The predicted molar refractivity (Wildman–Crippen MR) is 129 cm³/mol. The van der Waals surface area contributed by atoms with Crippen molar-refractivity contribution < 1.29 is 18.8 Å². The van der Waals surface area contributed by atoms with E-state index in [1.165, 1.54) is 35.2 Å². The molecule has 0 radical (unpaired) electrons. The molecule has 0 unspecified atom stereocenters. The summed E-state index contributed by atoms with van der Waals surface area (Å²) < 4.78 is 19.4. The number of amides is 1. The monoisotopic (exact) mass is 480 g/mol. The molecule has 0 aliphatic carbocycles. The van der Waals surface area contributed by atoms with Crippen LogP contribution in [0, 0.1) is 15.9 Å². The van der Waals surface area contributed by atoms with Crippen molar-refractivity contribution in [2.75, 3.05) is 0 Å². The van der Waals surface area contributed by atoms with Crippen LogP contribution in [0.1, 0.15) is 16.7 Å². The van der Waals surface area contributed by atoms with E-state index in [9.17, 15) is 19.3 Å². The molecular formula is C24H17FN2O4S2. The number of hydrogen-bond acceptors (Lipinski definition) is 6. The Bertz CT molecular complexity index is 1250. The highest BCUT2D eigenvalue weighted by Crippen LogP contribution is 2.36. The molecule has 9 heteroatoms. The number of halogens is 1. The molecule has 0 atom stereocenters. The lowest BCUT2D eigenvalue weighted by Crippen LogP contribution is -2.27. The first-order chi connectivity index (χ1) is 15.9. The van der Waals surface area contributed by atoms with Crippen LogP contribution in [0.5, 0.6) is 5.75 Å². The molecule has 0 bridgehead atoms. The third-order valence-corrected chi connectivity index (χ3v) is 6.23. The summed E-state index contributed by atoms with van der Waals surface area (Å²) in [5.41, 5.74) is 1.92. The van der Waals surface area contributed by atoms with Gasteiger partial charge in [0, 0.05) is 17.7 Å². The fourth-order valence-electron chi connectivity index (χ4n) is 3.18. The number of rotatable bonds is 7. The van der Waals surface area contributed by atoms with Gasteiger partial charge < -0.3 is 4.74 Å². The molecule has 166 valence electrons. The number of nitrogens with zero attached hydrogens (tertiary/aromatic N) is 2. The van der Waals surface area contributed by atoms with Gasteiger partial charge in [0.05, 0.1) is 16.4 Å². The van der Waals surface area contributed by atoms with Crippen LogP contribution in [-0.2, 0) is 17.9 Å². The quantitative estimate of drug-likeness (QED) is 0.187. The molecule has 3 aromatic rings. The van der Waals surface area contributed by atoms with Gasteiger partial charge in [0.25, 0.3) is 11.6 Å². The van der Waals surface area contributed by atoms with Crippen LogP contribution in [-0.4, -0.2) is 20.1 Å². The van der Waals surface area contributed by atoms with E-state index in [2.05, 4.69) is 0 Å². The van der Waals surface area contributed by atoms with Gasteiger partial charge in [-0.05, 0) is 35.4 Å². The topological polar surface area (TPSA) is 72.7 Å². The number of thiocarbonyl (C=S) groups is 1. The first-order valence-corrected chi connectivity index (χ1v) is 11.1. The molecule has 0 spiro atoms. The van der Waals surface area contributed by atoms with E-state index < -0.39 is 4.92 Å². The van der Waals surface area contributed by atoms with E-state index in [1.54, 1.807) is 18.2 Å². The minimum absolute atomic E-state index is 0.129. The summed E-state index contributed by atoms with van der Waals surface area (Å²) in [4.78, 5) is 25.6. The maximum Gasteiger partial charge on any atom is 0.270 e. The predicted octanol–water partition coefficient (Wildman–Crippen LogP) is 5.71. The molecule has 1 heterocycles. The molecule has 6 nitrogen and oxygen atoms in total. The summed E-state index contributed by atoms with van der Waals surface area (Å²) in [6.07, 6.45) is 1.55. The molecule has 1 fully saturated rings. The van der Waals surface area contributed by atoms with Crippen molar-refractivity contribution in [2.45, 2.75) is 13.2 Å². The molecule has 3 aromatic carbocycles. The summed E-state index contributed by atoms with van der Waals surface area (Å²) in [5.74, 6) is -0.268. The first kappa shape index (κ1) is 22.6. The van der Waals surface area contributed by atoms with E-state index in [1.807, 2.05) is 30.3 Å². The fourth-order valence-corrected chi connectivity index (χ4v) is 4.42. The van der Waals surface area contributed by atoms with Gasteiger partial charge in [-0.1, -0.05) is 66.4 Å². The Balaban J connectivity index is 1.60. The molecule has 0 saturated carbocycles. The number of ether oxygens (including phenoxy) is 1. The zero-order valence-electron chi connectivity index (χ0n) is 17.1.